The van der Waals surface area contributed by atoms with Gasteiger partial charge in [-0.1, -0.05) is 115 Å². The molecule has 0 aliphatic heterocycles. The van der Waals surface area contributed by atoms with Crippen molar-refractivity contribution in [1.29, 1.82) is 5.26 Å². The smallest absolute Gasteiger partial charge is 0.164 e. The van der Waals surface area contributed by atoms with E-state index in [0.29, 0.717) is 23.0 Å². The summed E-state index contributed by atoms with van der Waals surface area (Å²) in [5, 5.41) is 9.32. The quantitative estimate of drug-likeness (QED) is 0.212. The molecule has 0 saturated heterocycles. The SMILES string of the molecule is N#Cc1ccc(-c2nc(-c3ccccc3)nc(-c3ccc4c(c3)-c3ccccc3C43c4ccccc4-c4ccccc43)n2)cc1. The van der Waals surface area contributed by atoms with Crippen LogP contribution in [0, 0.1) is 11.3 Å². The Morgan fingerprint density at radius 3 is 1.38 bits per heavy atom. The van der Waals surface area contributed by atoms with Crippen LogP contribution in [0.5, 0.6) is 0 Å². The molecule has 0 radical (unpaired) electrons. The Balaban J connectivity index is 1.28. The third kappa shape index (κ3) is 3.62. The van der Waals surface area contributed by atoms with Crippen LogP contribution in [-0.4, -0.2) is 15.0 Å². The van der Waals surface area contributed by atoms with Crippen LogP contribution in [0.1, 0.15) is 27.8 Å². The van der Waals surface area contributed by atoms with Gasteiger partial charge in [0.15, 0.2) is 17.5 Å². The van der Waals surface area contributed by atoms with Crippen LogP contribution in [0.25, 0.3) is 56.4 Å². The summed E-state index contributed by atoms with van der Waals surface area (Å²) < 4.78 is 0. The van der Waals surface area contributed by atoms with E-state index in [9.17, 15) is 5.26 Å². The molecule has 1 heterocycles. The predicted octanol–water partition coefficient (Wildman–Crippen LogP) is 9.09. The Labute approximate surface area is 261 Å². The molecule has 0 bridgehead atoms. The number of fused-ring (bicyclic) bond motifs is 10. The number of hydrogen-bond donors (Lipinski definition) is 0. The van der Waals surface area contributed by atoms with Gasteiger partial charge in [0.25, 0.3) is 0 Å². The minimum Gasteiger partial charge on any atom is -0.208 e. The van der Waals surface area contributed by atoms with Crippen LogP contribution >= 0.6 is 0 Å². The van der Waals surface area contributed by atoms with E-state index in [0.717, 1.165) is 16.7 Å². The van der Waals surface area contributed by atoms with Gasteiger partial charge >= 0.3 is 0 Å². The maximum Gasteiger partial charge on any atom is 0.164 e. The highest BCUT2D eigenvalue weighted by atomic mass is 15.0. The molecular weight excluding hydrogens is 548 g/mol. The summed E-state index contributed by atoms with van der Waals surface area (Å²) in [4.78, 5) is 14.9. The molecule has 1 aromatic heterocycles. The lowest BCUT2D eigenvalue weighted by Crippen LogP contribution is -2.25. The average Bonchev–Trinajstić information content (AvgIpc) is 3.59. The minimum atomic E-state index is -0.389. The molecule has 0 saturated carbocycles. The van der Waals surface area contributed by atoms with Crippen molar-refractivity contribution in [1.82, 2.24) is 15.0 Å². The van der Waals surface area contributed by atoms with Gasteiger partial charge in [-0.15, -0.1) is 0 Å². The average molecular weight is 573 g/mol. The first kappa shape index (κ1) is 25.3. The molecular formula is C41H24N4. The third-order valence-electron chi connectivity index (χ3n) is 9.19. The van der Waals surface area contributed by atoms with Crippen LogP contribution < -0.4 is 0 Å². The first-order valence-corrected chi connectivity index (χ1v) is 15.0. The van der Waals surface area contributed by atoms with Crippen molar-refractivity contribution in [2.45, 2.75) is 5.41 Å². The zero-order chi connectivity index (χ0) is 30.0. The van der Waals surface area contributed by atoms with Gasteiger partial charge in [-0.25, -0.2) is 15.0 Å². The Hall–Kier alpha value is -6.18. The monoisotopic (exact) mass is 572 g/mol. The Morgan fingerprint density at radius 1 is 0.400 bits per heavy atom. The fraction of sp³-hybridized carbons (Fsp3) is 0.0244. The summed E-state index contributed by atoms with van der Waals surface area (Å²) in [6.45, 7) is 0. The molecule has 6 aromatic carbocycles. The molecule has 208 valence electrons. The number of hydrogen-bond acceptors (Lipinski definition) is 4. The summed E-state index contributed by atoms with van der Waals surface area (Å²) in [5.74, 6) is 1.78. The number of nitriles is 1. The van der Waals surface area contributed by atoms with E-state index in [1.165, 1.54) is 44.5 Å². The van der Waals surface area contributed by atoms with E-state index in [1.807, 2.05) is 42.5 Å². The first-order valence-electron chi connectivity index (χ1n) is 15.0. The van der Waals surface area contributed by atoms with Crippen LogP contribution in [0.4, 0.5) is 0 Å². The van der Waals surface area contributed by atoms with E-state index in [-0.39, 0.29) is 5.41 Å². The molecule has 0 amide bonds. The molecule has 2 aliphatic rings. The highest BCUT2D eigenvalue weighted by molar-refractivity contribution is 5.95. The van der Waals surface area contributed by atoms with E-state index in [4.69, 9.17) is 15.0 Å². The van der Waals surface area contributed by atoms with Gasteiger partial charge in [-0.2, -0.15) is 5.26 Å². The van der Waals surface area contributed by atoms with Crippen LogP contribution in [-0.2, 0) is 5.41 Å². The fourth-order valence-electron chi connectivity index (χ4n) is 7.28. The molecule has 2 aliphatic carbocycles. The standard InChI is InChI=1S/C41H24N4/c42-25-26-18-20-28(21-19-26)39-43-38(27-10-2-1-3-11-27)44-40(45-39)29-22-23-37-33(24-29)32-14-6-9-17-36(32)41(37)34-15-7-4-12-30(34)31-13-5-8-16-35(31)41/h1-24H. The lowest BCUT2D eigenvalue weighted by Gasteiger charge is -2.30. The number of benzene rings is 6. The number of rotatable bonds is 3. The first-order chi connectivity index (χ1) is 22.3. The zero-order valence-corrected chi connectivity index (χ0v) is 24.1. The van der Waals surface area contributed by atoms with Crippen molar-refractivity contribution in [2.24, 2.45) is 0 Å². The third-order valence-corrected chi connectivity index (χ3v) is 9.19. The van der Waals surface area contributed by atoms with Gasteiger partial charge < -0.3 is 0 Å². The molecule has 0 N–H and O–H groups in total. The van der Waals surface area contributed by atoms with Gasteiger partial charge in [-0.3, -0.25) is 0 Å². The molecule has 0 unspecified atom stereocenters. The lowest BCUT2D eigenvalue weighted by atomic mass is 9.70. The van der Waals surface area contributed by atoms with Crippen molar-refractivity contribution in [3.05, 3.63) is 173 Å². The van der Waals surface area contributed by atoms with Crippen LogP contribution in [0.2, 0.25) is 0 Å². The van der Waals surface area contributed by atoms with E-state index in [1.54, 1.807) is 12.1 Å². The van der Waals surface area contributed by atoms with Crippen molar-refractivity contribution >= 4 is 0 Å². The van der Waals surface area contributed by atoms with Crippen LogP contribution in [0.15, 0.2) is 146 Å². The summed E-state index contributed by atoms with van der Waals surface area (Å²) in [6.07, 6.45) is 0. The van der Waals surface area contributed by atoms with E-state index < -0.39 is 0 Å². The van der Waals surface area contributed by atoms with Gasteiger partial charge in [0.1, 0.15) is 0 Å². The zero-order valence-electron chi connectivity index (χ0n) is 24.1. The molecule has 4 nitrogen and oxygen atoms in total. The Kier molecular flexibility index (Phi) is 5.44. The van der Waals surface area contributed by atoms with Gasteiger partial charge in [-0.05, 0) is 74.8 Å². The summed E-state index contributed by atoms with van der Waals surface area (Å²) in [6, 6.07) is 52.7. The lowest BCUT2D eigenvalue weighted by molar-refractivity contribution is 0.794. The topological polar surface area (TPSA) is 62.5 Å². The van der Waals surface area contributed by atoms with Crippen molar-refractivity contribution in [2.75, 3.05) is 0 Å². The largest absolute Gasteiger partial charge is 0.208 e. The minimum absolute atomic E-state index is 0.389. The number of aromatic nitrogens is 3. The number of nitrogens with zero attached hydrogens (tertiary/aromatic N) is 4. The predicted molar refractivity (Wildman–Crippen MR) is 177 cm³/mol. The highest BCUT2D eigenvalue weighted by Crippen LogP contribution is 2.62. The maximum atomic E-state index is 9.32. The van der Waals surface area contributed by atoms with Gasteiger partial charge in [0.05, 0.1) is 17.0 Å². The van der Waals surface area contributed by atoms with Gasteiger partial charge in [0.2, 0.25) is 0 Å². The molecule has 0 atom stereocenters. The Bertz CT molecular complexity index is 2290. The van der Waals surface area contributed by atoms with Crippen molar-refractivity contribution in [3.8, 4) is 62.5 Å². The van der Waals surface area contributed by atoms with E-state index >= 15 is 0 Å². The molecule has 4 heteroatoms. The van der Waals surface area contributed by atoms with Crippen molar-refractivity contribution < 1.29 is 0 Å². The molecule has 45 heavy (non-hydrogen) atoms. The molecule has 1 spiro atoms. The summed E-state index contributed by atoms with van der Waals surface area (Å²) >= 11 is 0. The van der Waals surface area contributed by atoms with Crippen molar-refractivity contribution in [3.63, 3.8) is 0 Å². The van der Waals surface area contributed by atoms with Gasteiger partial charge in [0, 0.05) is 16.7 Å². The second-order valence-electron chi connectivity index (χ2n) is 11.5. The highest BCUT2D eigenvalue weighted by Gasteiger charge is 2.51. The second-order valence-corrected chi connectivity index (χ2v) is 11.5. The normalized spacial score (nSPS) is 13.0. The Morgan fingerprint density at radius 2 is 0.822 bits per heavy atom. The summed E-state index contributed by atoms with van der Waals surface area (Å²) in [5.41, 5.74) is 13.1. The molecule has 0 fully saturated rings. The molecule has 9 rings (SSSR count). The van der Waals surface area contributed by atoms with Crippen LogP contribution in [0.3, 0.4) is 0 Å². The van der Waals surface area contributed by atoms with E-state index in [2.05, 4.69) is 97.1 Å². The maximum absolute atomic E-state index is 9.32. The summed E-state index contributed by atoms with van der Waals surface area (Å²) in [7, 11) is 0. The molecule has 7 aromatic rings. The fourth-order valence-corrected chi connectivity index (χ4v) is 7.28. The second kappa shape index (κ2) is 9.67.